The molecule has 0 fully saturated rings. The Morgan fingerprint density at radius 3 is 1.14 bits per heavy atom. The molecule has 2 aromatic carbocycles. The van der Waals surface area contributed by atoms with E-state index in [4.69, 9.17) is 0 Å². The number of fused-ring (bicyclic) bond motifs is 8. The predicted molar refractivity (Wildman–Crippen MR) is 202 cm³/mol. The minimum absolute atomic E-state index is 0.00413. The zero-order chi connectivity index (χ0) is 33.6. The molecule has 238 valence electrons. The van der Waals surface area contributed by atoms with Crippen molar-refractivity contribution < 1.29 is 9.59 Å². The van der Waals surface area contributed by atoms with Crippen molar-refractivity contribution in [3.8, 4) is 0 Å². The average Bonchev–Trinajstić information content (AvgIpc) is 3.98. The van der Waals surface area contributed by atoms with E-state index in [2.05, 4.69) is 119 Å². The van der Waals surface area contributed by atoms with Gasteiger partial charge in [0.05, 0.1) is 0 Å². The standard InChI is InChI=1S/C44H28N2O2Se2/c47-31-15-11-29(12-16-31)43-35-21-19-33(45-35)41(27-7-3-1-4-8-27)37-23-24-38(49-37)42(28-9-5-2-6-10-28)34-20-22-36(46-34)44(40-26-25-39(43)50-40)30-13-17-32(48)18-14-30/h1-26,45-46H/b41-37-,42-38-. The Bertz CT molecular complexity index is 2450. The molecule has 6 heteroatoms. The van der Waals surface area contributed by atoms with Crippen molar-refractivity contribution in [3.05, 3.63) is 220 Å². The number of rotatable bonds is 2. The van der Waals surface area contributed by atoms with Crippen molar-refractivity contribution in [1.29, 1.82) is 0 Å². The second-order valence-corrected chi connectivity index (χ2v) is 16.7. The van der Waals surface area contributed by atoms with Gasteiger partial charge in [-0.15, -0.1) is 0 Å². The molecule has 4 aromatic heterocycles. The van der Waals surface area contributed by atoms with Crippen LogP contribution in [0.5, 0.6) is 0 Å². The van der Waals surface area contributed by atoms with E-state index >= 15 is 0 Å². The van der Waals surface area contributed by atoms with Gasteiger partial charge in [-0.3, -0.25) is 0 Å². The SMILES string of the molecule is O=C1C=CC(=C2c3ccc([nH]3)/C(c3ccccc3)=c3/cc/c([se]3)=C(\c3ccccc3)c3ccc([nH]3)C(=C3C=CC(=O)C=C3)c3ccc2[se]3)C=C1. The van der Waals surface area contributed by atoms with Crippen LogP contribution in [0.3, 0.4) is 0 Å². The molecule has 2 N–H and O–H groups in total. The monoisotopic (exact) mass is 776 g/mol. The molecule has 2 aliphatic carbocycles. The predicted octanol–water partition coefficient (Wildman–Crippen LogP) is 6.26. The number of ketones is 2. The van der Waals surface area contributed by atoms with Crippen LogP contribution in [0, 0.1) is 0 Å². The number of carbonyl (C=O) groups excluding carboxylic acids is 2. The summed E-state index contributed by atoms with van der Waals surface area (Å²) in [6.45, 7) is 0. The first-order valence-corrected chi connectivity index (χ1v) is 19.8. The average molecular weight is 775 g/mol. The summed E-state index contributed by atoms with van der Waals surface area (Å²) >= 11 is -0.0835. The molecule has 0 saturated carbocycles. The summed E-state index contributed by atoms with van der Waals surface area (Å²) in [5.74, 6) is -0.0194. The van der Waals surface area contributed by atoms with Crippen LogP contribution in [0.25, 0.3) is 22.3 Å². The van der Waals surface area contributed by atoms with Crippen molar-refractivity contribution in [1.82, 2.24) is 9.97 Å². The summed E-state index contributed by atoms with van der Waals surface area (Å²) in [7, 11) is 0. The first kappa shape index (κ1) is 30.6. The van der Waals surface area contributed by atoms with Gasteiger partial charge in [0.1, 0.15) is 0 Å². The normalized spacial score (nSPS) is 17.7. The van der Waals surface area contributed by atoms with Gasteiger partial charge in [0.25, 0.3) is 0 Å². The molecule has 0 unspecified atom stereocenters. The molecule has 9 rings (SSSR count). The molecule has 4 nitrogen and oxygen atoms in total. The van der Waals surface area contributed by atoms with Crippen LogP contribution in [0.2, 0.25) is 0 Å². The van der Waals surface area contributed by atoms with Gasteiger partial charge in [-0.05, 0) is 0 Å². The van der Waals surface area contributed by atoms with Crippen LogP contribution in [0.4, 0.5) is 0 Å². The summed E-state index contributed by atoms with van der Waals surface area (Å²) in [5, 5.41) is 0. The second-order valence-electron chi connectivity index (χ2n) is 12.2. The van der Waals surface area contributed by atoms with Crippen molar-refractivity contribution in [2.45, 2.75) is 0 Å². The number of carbonyl (C=O) groups is 2. The summed E-state index contributed by atoms with van der Waals surface area (Å²) in [4.78, 5) is 32.1. The summed E-state index contributed by atoms with van der Waals surface area (Å²) in [5.41, 5.74) is 13.1. The van der Waals surface area contributed by atoms with E-state index in [0.29, 0.717) is 0 Å². The molecule has 0 saturated heterocycles. The van der Waals surface area contributed by atoms with Gasteiger partial charge in [-0.1, -0.05) is 0 Å². The molecular formula is C44H28N2O2Se2. The summed E-state index contributed by atoms with van der Waals surface area (Å²) < 4.78 is 5.02. The summed E-state index contributed by atoms with van der Waals surface area (Å²) in [6, 6.07) is 39.1. The fourth-order valence-corrected chi connectivity index (χ4v) is 11.7. The zero-order valence-corrected chi connectivity index (χ0v) is 30.1. The molecule has 5 heterocycles. The minimum atomic E-state index is -0.0876. The Morgan fingerprint density at radius 1 is 0.360 bits per heavy atom. The molecule has 0 spiro atoms. The first-order valence-electron chi connectivity index (χ1n) is 16.3. The Labute approximate surface area is 300 Å². The fraction of sp³-hybridized carbons (Fsp3) is 0. The number of hydrogen-bond acceptors (Lipinski definition) is 2. The maximum atomic E-state index is 12.2. The number of hydrogen-bond donors (Lipinski definition) is 2. The second kappa shape index (κ2) is 12.8. The number of allylic oxidation sites excluding steroid dienone is 10. The number of aromatic amines is 2. The van der Waals surface area contributed by atoms with Crippen molar-refractivity contribution in [3.63, 3.8) is 0 Å². The van der Waals surface area contributed by atoms with E-state index in [1.807, 2.05) is 24.3 Å². The molecule has 0 amide bonds. The molecule has 0 radical (unpaired) electrons. The van der Waals surface area contributed by atoms with E-state index in [0.717, 1.165) is 45.1 Å². The molecule has 8 bridgehead atoms. The molecule has 50 heavy (non-hydrogen) atoms. The topological polar surface area (TPSA) is 65.7 Å². The van der Waals surface area contributed by atoms with Crippen molar-refractivity contribution >= 4 is 62.9 Å². The van der Waals surface area contributed by atoms with E-state index in [1.165, 1.54) is 39.3 Å². The molecule has 1 aliphatic heterocycles. The molecule has 0 atom stereocenters. The van der Waals surface area contributed by atoms with Crippen LogP contribution in [-0.2, 0) is 9.59 Å². The molecule has 3 aliphatic rings. The third-order valence-corrected chi connectivity index (χ3v) is 13.8. The van der Waals surface area contributed by atoms with Gasteiger partial charge in [0.2, 0.25) is 0 Å². The van der Waals surface area contributed by atoms with E-state index in [1.54, 1.807) is 24.3 Å². The van der Waals surface area contributed by atoms with E-state index < -0.39 is 0 Å². The van der Waals surface area contributed by atoms with Crippen LogP contribution >= 0.6 is 0 Å². The maximum absolute atomic E-state index is 12.2. The molecule has 6 aromatic rings. The fourth-order valence-electron chi connectivity index (χ4n) is 6.76. The number of H-pyrrole nitrogens is 2. The van der Waals surface area contributed by atoms with Gasteiger partial charge in [-0.25, -0.2) is 0 Å². The van der Waals surface area contributed by atoms with Gasteiger partial charge < -0.3 is 0 Å². The van der Waals surface area contributed by atoms with Gasteiger partial charge >= 0.3 is 302 Å². The Hall–Kier alpha value is -5.48. The van der Waals surface area contributed by atoms with Crippen LogP contribution in [0.1, 0.15) is 42.8 Å². The Balaban J connectivity index is 1.40. The van der Waals surface area contributed by atoms with E-state index in [-0.39, 0.29) is 40.6 Å². The number of aromatic nitrogens is 2. The quantitative estimate of drug-likeness (QED) is 0.204. The third kappa shape index (κ3) is 5.59. The van der Waals surface area contributed by atoms with Crippen molar-refractivity contribution in [2.75, 3.05) is 0 Å². The third-order valence-electron chi connectivity index (χ3n) is 9.06. The van der Waals surface area contributed by atoms with Crippen LogP contribution in [-0.4, -0.2) is 50.5 Å². The van der Waals surface area contributed by atoms with Crippen LogP contribution in [0.15, 0.2) is 169 Å². The Morgan fingerprint density at radius 2 is 0.740 bits per heavy atom. The van der Waals surface area contributed by atoms with Crippen molar-refractivity contribution in [2.24, 2.45) is 0 Å². The van der Waals surface area contributed by atoms with Crippen LogP contribution < -0.4 is 8.19 Å². The van der Waals surface area contributed by atoms with Gasteiger partial charge in [0, 0.05) is 0 Å². The molecular weight excluding hydrogens is 746 g/mol. The summed E-state index contributed by atoms with van der Waals surface area (Å²) in [6.07, 6.45) is 14.3. The number of benzene rings is 2. The first-order chi connectivity index (χ1) is 24.6. The zero-order valence-electron chi connectivity index (χ0n) is 26.6. The van der Waals surface area contributed by atoms with Gasteiger partial charge in [0.15, 0.2) is 0 Å². The van der Waals surface area contributed by atoms with Gasteiger partial charge in [-0.2, -0.15) is 0 Å². The Kier molecular flexibility index (Phi) is 7.80. The number of nitrogens with one attached hydrogen (secondary N) is 2. The van der Waals surface area contributed by atoms with E-state index in [9.17, 15) is 9.59 Å².